The average Bonchev–Trinajstić information content (AvgIpc) is 3.65. The fourth-order valence-electron chi connectivity index (χ4n) is 10.5. The number of unbranched alkanes of at least 4 members (excludes halogenated alkanes) is 36. The summed E-state index contributed by atoms with van der Waals surface area (Å²) in [6.07, 6.45) is 44.4. The van der Waals surface area contributed by atoms with E-state index in [1.165, 1.54) is 154 Å². The number of ether oxygens (including phenoxy) is 4. The van der Waals surface area contributed by atoms with Crippen LogP contribution in [0.4, 0.5) is 0 Å². The molecule has 528 valence electrons. The summed E-state index contributed by atoms with van der Waals surface area (Å²) < 4.78 is 68.2. The van der Waals surface area contributed by atoms with E-state index >= 15 is 0 Å². The first-order valence-electron chi connectivity index (χ1n) is 36.3. The van der Waals surface area contributed by atoms with E-state index in [2.05, 4.69) is 48.5 Å². The molecule has 0 aromatic rings. The number of esters is 4. The molecule has 5 atom stereocenters. The molecule has 19 heteroatoms. The minimum atomic E-state index is -4.95. The van der Waals surface area contributed by atoms with Gasteiger partial charge in [-0.2, -0.15) is 0 Å². The van der Waals surface area contributed by atoms with Crippen molar-refractivity contribution in [3.05, 3.63) is 0 Å². The summed E-state index contributed by atoms with van der Waals surface area (Å²) in [5, 5.41) is 10.6. The van der Waals surface area contributed by atoms with Crippen molar-refractivity contribution in [1.82, 2.24) is 0 Å². The van der Waals surface area contributed by atoms with Gasteiger partial charge < -0.3 is 33.8 Å². The number of aliphatic hydroxyl groups is 1. The standard InChI is InChI=1S/C70H136O17P2/c1-8-9-10-11-12-30-37-44-51-67(72)80-57-65(87-70(75)54-47-40-33-26-20-23-29-36-43-50-63(6)7)59-84-88(76,77)82-55-64(71)56-83-89(78,79)85-60-66(58-81-68(73)52-45-38-31-24-19-15-17-22-28-35-42-49-62(4)5)86-69(74)53-46-39-32-25-18-14-13-16-21-27-34-41-48-61(2)3/h61-66,71H,8-60H2,1-7H3,(H,76,77)(H,78,79)/t64-,65+,66+/m0/s1. The minimum absolute atomic E-state index is 0.105. The Morgan fingerprint density at radius 3 is 0.764 bits per heavy atom. The minimum Gasteiger partial charge on any atom is -0.462 e. The zero-order chi connectivity index (χ0) is 65.9. The van der Waals surface area contributed by atoms with Gasteiger partial charge in [-0.3, -0.25) is 37.3 Å². The molecule has 3 N–H and O–H groups in total. The van der Waals surface area contributed by atoms with Crippen molar-refractivity contribution < 1.29 is 80.2 Å². The SMILES string of the molecule is CCCCCCCCCCC(=O)OC[C@H](COP(=O)(O)OC[C@H](O)COP(=O)(O)OC[C@@H](COC(=O)CCCCCCCCCCCCCC(C)C)OC(=O)CCCCCCCCCCCCCCC(C)C)OC(=O)CCCCCCCCCCCC(C)C. The average molecular weight is 1310 g/mol. The summed E-state index contributed by atoms with van der Waals surface area (Å²) in [7, 11) is -9.90. The van der Waals surface area contributed by atoms with E-state index in [0.717, 1.165) is 114 Å². The fraction of sp³-hybridized carbons (Fsp3) is 0.943. The van der Waals surface area contributed by atoms with Crippen molar-refractivity contribution in [3.63, 3.8) is 0 Å². The van der Waals surface area contributed by atoms with Gasteiger partial charge in [-0.25, -0.2) is 9.13 Å². The topological polar surface area (TPSA) is 237 Å². The first kappa shape index (κ1) is 87.1. The highest BCUT2D eigenvalue weighted by Crippen LogP contribution is 2.45. The van der Waals surface area contributed by atoms with Crippen LogP contribution < -0.4 is 0 Å². The lowest BCUT2D eigenvalue weighted by atomic mass is 10.0. The van der Waals surface area contributed by atoms with Gasteiger partial charge in [0.25, 0.3) is 0 Å². The number of hydrogen-bond acceptors (Lipinski definition) is 15. The first-order chi connectivity index (χ1) is 42.7. The van der Waals surface area contributed by atoms with E-state index in [0.29, 0.717) is 25.7 Å². The third kappa shape index (κ3) is 64.6. The highest BCUT2D eigenvalue weighted by atomic mass is 31.2. The first-order valence-corrected chi connectivity index (χ1v) is 39.3. The van der Waals surface area contributed by atoms with Gasteiger partial charge in [-0.05, 0) is 43.4 Å². The molecule has 89 heavy (non-hydrogen) atoms. The Morgan fingerprint density at radius 2 is 0.517 bits per heavy atom. The summed E-state index contributed by atoms with van der Waals surface area (Å²) in [6, 6.07) is 0. The monoisotopic (exact) mass is 1310 g/mol. The maximum absolute atomic E-state index is 13.0. The Hall–Kier alpha value is -1.94. The van der Waals surface area contributed by atoms with Crippen molar-refractivity contribution in [2.24, 2.45) is 17.8 Å². The molecule has 2 unspecified atom stereocenters. The van der Waals surface area contributed by atoms with Crippen LogP contribution in [-0.4, -0.2) is 96.7 Å². The Morgan fingerprint density at radius 1 is 0.303 bits per heavy atom. The molecule has 0 fully saturated rings. The largest absolute Gasteiger partial charge is 0.472 e. The number of carbonyl (C=O) groups excluding carboxylic acids is 4. The van der Waals surface area contributed by atoms with Gasteiger partial charge in [0.05, 0.1) is 26.4 Å². The number of rotatable bonds is 68. The molecular weight excluding hydrogens is 1170 g/mol. The van der Waals surface area contributed by atoms with E-state index in [-0.39, 0.29) is 25.7 Å². The zero-order valence-electron chi connectivity index (χ0n) is 57.9. The molecule has 0 radical (unpaired) electrons. The van der Waals surface area contributed by atoms with Gasteiger partial charge >= 0.3 is 39.5 Å². The third-order valence-corrected chi connectivity index (χ3v) is 18.0. The predicted octanol–water partition coefficient (Wildman–Crippen LogP) is 19.8. The molecule has 0 heterocycles. The molecule has 0 aromatic heterocycles. The van der Waals surface area contributed by atoms with Crippen molar-refractivity contribution in [2.45, 2.75) is 369 Å². The number of carbonyl (C=O) groups is 4. The molecule has 0 spiro atoms. The van der Waals surface area contributed by atoms with Crippen molar-refractivity contribution >= 4 is 39.5 Å². The fourth-order valence-corrected chi connectivity index (χ4v) is 12.1. The van der Waals surface area contributed by atoms with E-state index < -0.39 is 97.5 Å². The lowest BCUT2D eigenvalue weighted by Gasteiger charge is -2.21. The van der Waals surface area contributed by atoms with Crippen LogP contribution >= 0.6 is 15.6 Å². The molecule has 17 nitrogen and oxygen atoms in total. The Balaban J connectivity index is 5.23. The number of hydrogen-bond donors (Lipinski definition) is 3. The third-order valence-electron chi connectivity index (χ3n) is 16.1. The summed E-state index contributed by atoms with van der Waals surface area (Å²) in [6.45, 7) is 11.8. The zero-order valence-corrected chi connectivity index (χ0v) is 59.7. The smallest absolute Gasteiger partial charge is 0.462 e. The van der Waals surface area contributed by atoms with Crippen LogP contribution in [0.3, 0.4) is 0 Å². The molecule has 0 rings (SSSR count). The lowest BCUT2D eigenvalue weighted by molar-refractivity contribution is -0.161. The summed E-state index contributed by atoms with van der Waals surface area (Å²) in [5.74, 6) is 0.156. The van der Waals surface area contributed by atoms with Gasteiger partial charge in [0.2, 0.25) is 0 Å². The van der Waals surface area contributed by atoms with Crippen molar-refractivity contribution in [3.8, 4) is 0 Å². The van der Waals surface area contributed by atoms with Crippen LogP contribution in [0, 0.1) is 17.8 Å². The van der Waals surface area contributed by atoms with Gasteiger partial charge in [-0.1, -0.05) is 299 Å². The summed E-state index contributed by atoms with van der Waals surface area (Å²) in [5.41, 5.74) is 0. The summed E-state index contributed by atoms with van der Waals surface area (Å²) in [4.78, 5) is 72.5. The number of aliphatic hydroxyl groups excluding tert-OH is 1. The molecular formula is C70H136O17P2. The molecule has 0 aliphatic carbocycles. The molecule has 0 saturated carbocycles. The Labute approximate surface area is 543 Å². The molecule has 0 amide bonds. The van der Waals surface area contributed by atoms with Crippen molar-refractivity contribution in [2.75, 3.05) is 39.6 Å². The van der Waals surface area contributed by atoms with E-state index in [1.807, 2.05) is 0 Å². The van der Waals surface area contributed by atoms with Crippen LogP contribution in [0.2, 0.25) is 0 Å². The second kappa shape index (κ2) is 61.0. The van der Waals surface area contributed by atoms with E-state index in [1.54, 1.807) is 0 Å². The molecule has 0 saturated heterocycles. The number of phosphoric acid groups is 2. The molecule has 0 aliphatic rings. The van der Waals surface area contributed by atoms with Gasteiger partial charge in [-0.15, -0.1) is 0 Å². The Bertz CT molecular complexity index is 1750. The second-order valence-electron chi connectivity index (χ2n) is 26.7. The Kier molecular flexibility index (Phi) is 59.6. The maximum atomic E-state index is 13.0. The van der Waals surface area contributed by atoms with Crippen molar-refractivity contribution in [1.29, 1.82) is 0 Å². The molecule has 0 aliphatic heterocycles. The lowest BCUT2D eigenvalue weighted by Crippen LogP contribution is -2.30. The normalized spacial score (nSPS) is 14.2. The number of phosphoric ester groups is 2. The van der Waals surface area contributed by atoms with Crippen LogP contribution in [0.1, 0.15) is 350 Å². The molecule has 0 bridgehead atoms. The van der Waals surface area contributed by atoms with E-state index in [9.17, 15) is 43.2 Å². The molecule has 0 aromatic carbocycles. The van der Waals surface area contributed by atoms with Crippen LogP contribution in [-0.2, 0) is 65.4 Å². The van der Waals surface area contributed by atoms with Gasteiger partial charge in [0, 0.05) is 25.7 Å². The predicted molar refractivity (Wildman–Crippen MR) is 358 cm³/mol. The van der Waals surface area contributed by atoms with E-state index in [4.69, 9.17) is 37.0 Å². The highest BCUT2D eigenvalue weighted by molar-refractivity contribution is 7.47. The van der Waals surface area contributed by atoms with Crippen LogP contribution in [0.15, 0.2) is 0 Å². The maximum Gasteiger partial charge on any atom is 0.472 e. The van der Waals surface area contributed by atoms with Gasteiger partial charge in [0.1, 0.15) is 19.3 Å². The van der Waals surface area contributed by atoms with Gasteiger partial charge in [0.15, 0.2) is 12.2 Å². The van der Waals surface area contributed by atoms with Crippen LogP contribution in [0.25, 0.3) is 0 Å². The van der Waals surface area contributed by atoms with Crippen LogP contribution in [0.5, 0.6) is 0 Å². The highest BCUT2D eigenvalue weighted by Gasteiger charge is 2.30. The second-order valence-corrected chi connectivity index (χ2v) is 29.6. The summed E-state index contributed by atoms with van der Waals surface area (Å²) >= 11 is 0. The quantitative estimate of drug-likeness (QED) is 0.0222.